The molecule has 0 fully saturated rings. The number of fused-ring (bicyclic) bond motifs is 4. The van der Waals surface area contributed by atoms with Gasteiger partial charge in [-0.25, -0.2) is 4.98 Å². The number of imidazole rings is 1. The van der Waals surface area contributed by atoms with Crippen LogP contribution >= 0.6 is 0 Å². The Morgan fingerprint density at radius 2 is 1.59 bits per heavy atom. The van der Waals surface area contributed by atoms with Crippen molar-refractivity contribution < 1.29 is 28.6 Å². The van der Waals surface area contributed by atoms with Crippen LogP contribution in [0.15, 0.2) is 120 Å². The molecule has 8 rings (SSSR count). The third kappa shape index (κ3) is 7.05. The van der Waals surface area contributed by atoms with Gasteiger partial charge >= 0.3 is 99.8 Å². The van der Waals surface area contributed by atoms with Crippen molar-refractivity contribution in [2.75, 3.05) is 0 Å². The van der Waals surface area contributed by atoms with Gasteiger partial charge in [0, 0.05) is 47.4 Å². The Kier molecular flexibility index (Phi) is 8.92. The zero-order valence-electron chi connectivity index (χ0n) is 31.1. The molecule has 0 aliphatic carbocycles. The first-order chi connectivity index (χ1) is 24.4. The van der Waals surface area contributed by atoms with Crippen LogP contribution in [-0.4, -0.2) is 32.8 Å². The molecule has 0 aliphatic heterocycles. The quantitative estimate of drug-likeness (QED) is 0.128. The summed E-state index contributed by atoms with van der Waals surface area (Å²) in [5, 5.41) is 1.82. The minimum Gasteiger partial charge on any atom is 0 e. The molecule has 1 radical (unpaired) electrons. The van der Waals surface area contributed by atoms with Crippen LogP contribution in [0.3, 0.4) is 0 Å². The molecule has 0 saturated carbocycles. The molecule has 0 amide bonds. The van der Waals surface area contributed by atoms with Crippen LogP contribution in [0.5, 0.6) is 0 Å². The third-order valence-electron chi connectivity index (χ3n) is 8.46. The minimum absolute atomic E-state index is 0. The molecular weight excluding hydrogens is 841 g/mol. The summed E-state index contributed by atoms with van der Waals surface area (Å²) in [4.78, 5) is 14.0. The number of pyridine rings is 2. The molecule has 5 nitrogen and oxygen atoms in total. The summed E-state index contributed by atoms with van der Waals surface area (Å²) >= 11 is -1.72. The van der Waals surface area contributed by atoms with Crippen molar-refractivity contribution in [2.24, 2.45) is 0 Å². The standard InChI is InChI=1S/C28H22N3O.C14H16GeN.Ir/c1-17(2)31-25-10-5-4-9-24(25)30-27(31)22-8-6-7-21-23-15-20(16-29-28(23)32-26(21)22)19-13-11-18(3)12-14-19;1-15(2,3)13-9-10-14(16-11-13)12-7-5-4-6-8-12;/h4-7,9-17H,1-3H3;4-7,9-11H,1-3H3;/q2*-1;/i3D3;;. The van der Waals surface area contributed by atoms with Gasteiger partial charge in [-0.3, -0.25) is 4.98 Å². The van der Waals surface area contributed by atoms with E-state index in [1.807, 2.05) is 79.0 Å². The smallest absolute Gasteiger partial charge is 0 e. The second-order valence-corrected chi connectivity index (χ2v) is 23.9. The molecule has 0 bridgehead atoms. The fourth-order valence-corrected chi connectivity index (χ4v) is 8.08. The first-order valence-electron chi connectivity index (χ1n) is 17.6. The number of benzene rings is 4. The van der Waals surface area contributed by atoms with Gasteiger partial charge in [-0.15, -0.1) is 18.2 Å². The molecule has 0 atom stereocenters. The van der Waals surface area contributed by atoms with E-state index in [1.54, 1.807) is 18.3 Å². The molecule has 7 heteroatoms. The Morgan fingerprint density at radius 3 is 2.29 bits per heavy atom. The van der Waals surface area contributed by atoms with Gasteiger partial charge in [0.2, 0.25) is 5.71 Å². The van der Waals surface area contributed by atoms with E-state index in [2.05, 4.69) is 76.0 Å². The third-order valence-corrected chi connectivity index (χ3v) is 12.7. The van der Waals surface area contributed by atoms with Crippen LogP contribution in [0.4, 0.5) is 0 Å². The van der Waals surface area contributed by atoms with Crippen molar-refractivity contribution in [3.05, 3.63) is 133 Å². The van der Waals surface area contributed by atoms with E-state index in [4.69, 9.17) is 13.5 Å². The predicted molar refractivity (Wildman–Crippen MR) is 201 cm³/mol. The molecule has 4 aromatic carbocycles. The molecule has 8 aromatic rings. The maximum Gasteiger partial charge on any atom is 0 e. The summed E-state index contributed by atoms with van der Waals surface area (Å²) in [6, 6.07) is 40.0. The number of hydrogen-bond acceptors (Lipinski definition) is 4. The molecule has 4 heterocycles. The van der Waals surface area contributed by atoms with Crippen LogP contribution in [-0.2, 0) is 20.1 Å². The summed E-state index contributed by atoms with van der Waals surface area (Å²) in [5.41, 5.74) is 8.21. The average Bonchev–Trinajstić information content (AvgIpc) is 3.70. The van der Waals surface area contributed by atoms with Crippen molar-refractivity contribution in [3.8, 4) is 33.8 Å². The van der Waals surface area contributed by atoms with Gasteiger partial charge in [-0.1, -0.05) is 52.9 Å². The van der Waals surface area contributed by atoms with E-state index in [-0.39, 0.29) is 26.1 Å². The zero-order chi connectivity index (χ0) is 35.9. The van der Waals surface area contributed by atoms with Crippen molar-refractivity contribution in [2.45, 2.75) is 44.0 Å². The first kappa shape index (κ1) is 30.7. The first-order valence-corrected chi connectivity index (χ1v) is 23.5. The minimum atomic E-state index is -2.12. The van der Waals surface area contributed by atoms with Crippen molar-refractivity contribution in [1.82, 2.24) is 19.5 Å². The summed E-state index contributed by atoms with van der Waals surface area (Å²) in [6.07, 6.45) is 3.79. The largest absolute Gasteiger partial charge is 0 e. The number of furan rings is 1. The fourth-order valence-electron chi connectivity index (χ4n) is 5.91. The molecule has 4 aromatic heterocycles. The van der Waals surface area contributed by atoms with Crippen LogP contribution in [0.1, 0.15) is 29.6 Å². The van der Waals surface area contributed by atoms with Gasteiger partial charge in [0.05, 0.1) is 22.4 Å². The van der Waals surface area contributed by atoms with Crippen LogP contribution in [0.2, 0.25) is 17.3 Å². The number of para-hydroxylation sites is 2. The van der Waals surface area contributed by atoms with Gasteiger partial charge in [-0.05, 0) is 44.5 Å². The SMILES string of the molecule is [2H]C([2H])([2H])c1ccc(-c2cnc3oc4c(-c5nc6ccccc6n5C(C)C)[c-]ccc4c3c2)cc1.[CH3][Ge]([CH3])([CH3])[c]1ccc(-c2[c-]cccc2)nc1.[Ir]. The van der Waals surface area contributed by atoms with Crippen LogP contribution < -0.4 is 4.40 Å². The van der Waals surface area contributed by atoms with E-state index >= 15 is 0 Å². The number of nitrogens with zero attached hydrogens (tertiary/aromatic N) is 4. The van der Waals surface area contributed by atoms with Gasteiger partial charge in [0.1, 0.15) is 0 Å². The monoisotopic (exact) mass is 884 g/mol. The Balaban J connectivity index is 0.000000230. The van der Waals surface area contributed by atoms with Crippen molar-refractivity contribution in [3.63, 3.8) is 0 Å². The number of aromatic nitrogens is 4. The Hall–Kier alpha value is -4.36. The maximum absolute atomic E-state index is 7.59. The molecule has 49 heavy (non-hydrogen) atoms. The molecule has 0 saturated heterocycles. The van der Waals surface area contributed by atoms with Gasteiger partial charge in [0.15, 0.2) is 0 Å². The molecule has 0 spiro atoms. The van der Waals surface area contributed by atoms with E-state index < -0.39 is 20.1 Å². The topological polar surface area (TPSA) is 56.7 Å². The Labute approximate surface area is 308 Å². The van der Waals surface area contributed by atoms with Crippen LogP contribution in [0, 0.1) is 19.0 Å². The average molecular weight is 883 g/mol. The summed E-state index contributed by atoms with van der Waals surface area (Å²) in [6.45, 7) is 2.16. The summed E-state index contributed by atoms with van der Waals surface area (Å²) in [5.74, 6) is 7.95. The summed E-state index contributed by atoms with van der Waals surface area (Å²) in [7, 11) is 0. The van der Waals surface area contributed by atoms with E-state index in [1.165, 1.54) is 4.40 Å². The van der Waals surface area contributed by atoms with Crippen LogP contribution in [0.25, 0.3) is 66.9 Å². The second-order valence-electron chi connectivity index (χ2n) is 13.2. The molecular formula is C42H38GeIrN4O-2. The molecule has 0 unspecified atom stereocenters. The molecule has 247 valence electrons. The predicted octanol–water partition coefficient (Wildman–Crippen LogP) is 10.4. The Morgan fingerprint density at radius 1 is 0.796 bits per heavy atom. The number of aryl methyl sites for hydroxylation is 1. The van der Waals surface area contributed by atoms with Gasteiger partial charge in [-0.2, -0.15) is 0 Å². The second kappa shape index (κ2) is 14.2. The molecule has 0 aliphatic rings. The summed E-state index contributed by atoms with van der Waals surface area (Å²) < 4.78 is 32.7. The molecule has 0 N–H and O–H groups in total. The zero-order valence-corrected chi connectivity index (χ0v) is 32.6. The van der Waals surface area contributed by atoms with Gasteiger partial charge in [0.25, 0.3) is 0 Å². The van der Waals surface area contributed by atoms with E-state index in [9.17, 15) is 0 Å². The fraction of sp³-hybridized carbons (Fsp3) is 0.167. The van der Waals surface area contributed by atoms with E-state index in [0.29, 0.717) is 16.9 Å². The normalized spacial score (nSPS) is 12.7. The van der Waals surface area contributed by atoms with Crippen molar-refractivity contribution >= 4 is 50.8 Å². The maximum atomic E-state index is 7.59. The number of hydrogen-bond donors (Lipinski definition) is 0. The van der Waals surface area contributed by atoms with E-state index in [0.717, 1.165) is 55.6 Å². The van der Waals surface area contributed by atoms with Crippen molar-refractivity contribution in [1.29, 1.82) is 0 Å². The Bertz CT molecular complexity index is 2470. The number of rotatable bonds is 5. The van der Waals surface area contributed by atoms with Gasteiger partial charge < -0.3 is 8.98 Å².